The molecule has 1 aromatic rings. The summed E-state index contributed by atoms with van der Waals surface area (Å²) in [5.74, 6) is -0.234. The van der Waals surface area contributed by atoms with Crippen LogP contribution in [0.4, 0.5) is 0 Å². The molecule has 0 radical (unpaired) electrons. The van der Waals surface area contributed by atoms with E-state index in [2.05, 4.69) is 11.0 Å². The van der Waals surface area contributed by atoms with E-state index < -0.39 is 5.60 Å². The molecule has 1 spiro atoms. The van der Waals surface area contributed by atoms with E-state index in [4.69, 9.17) is 27.9 Å². The molecule has 2 bridgehead atoms. The standard InChI is InChI=1S/C19H17Cl2NO2/c20-15-5-3-4-12(18(15)21)13-8-11-10-19(14(13)9-17(23)24-19)16-6-1-2-7-22(11)16/h3-5,8-9,11,16H,1-2,6-7,10H2/t11-,16-,19+/m1/s1. The maximum Gasteiger partial charge on any atom is 0.332 e. The van der Waals surface area contributed by atoms with Crippen LogP contribution in [0.25, 0.3) is 5.57 Å². The summed E-state index contributed by atoms with van der Waals surface area (Å²) in [5, 5.41) is 1.07. The molecule has 2 saturated heterocycles. The molecule has 4 aliphatic rings. The van der Waals surface area contributed by atoms with E-state index in [0.29, 0.717) is 16.1 Å². The highest BCUT2D eigenvalue weighted by molar-refractivity contribution is 6.43. The van der Waals surface area contributed by atoms with Crippen molar-refractivity contribution < 1.29 is 9.53 Å². The number of carbonyl (C=O) groups is 1. The van der Waals surface area contributed by atoms with Crippen molar-refractivity contribution in [3.8, 4) is 0 Å². The summed E-state index contributed by atoms with van der Waals surface area (Å²) in [4.78, 5) is 14.7. The predicted octanol–water partition coefficient (Wildman–Crippen LogP) is 4.24. The minimum absolute atomic E-state index is 0.234. The first-order chi connectivity index (χ1) is 11.6. The fourth-order valence-corrected chi connectivity index (χ4v) is 5.41. The lowest BCUT2D eigenvalue weighted by Gasteiger charge is -2.38. The second kappa shape index (κ2) is 5.10. The van der Waals surface area contributed by atoms with Crippen LogP contribution in [-0.4, -0.2) is 35.1 Å². The van der Waals surface area contributed by atoms with Crippen LogP contribution in [0.2, 0.25) is 10.0 Å². The number of hydrogen-bond donors (Lipinski definition) is 0. The first-order valence-electron chi connectivity index (χ1n) is 8.48. The van der Waals surface area contributed by atoms with Crippen LogP contribution in [0.1, 0.15) is 31.2 Å². The minimum atomic E-state index is -0.502. The molecule has 3 atom stereocenters. The lowest BCUT2D eigenvalue weighted by molar-refractivity contribution is -0.148. The van der Waals surface area contributed by atoms with Gasteiger partial charge < -0.3 is 4.74 Å². The van der Waals surface area contributed by atoms with E-state index in [9.17, 15) is 4.79 Å². The molecular formula is C19H17Cl2NO2. The smallest absolute Gasteiger partial charge is 0.332 e. The minimum Gasteiger partial charge on any atom is -0.449 e. The summed E-state index contributed by atoms with van der Waals surface area (Å²) in [5.41, 5.74) is 2.39. The number of rotatable bonds is 1. The fraction of sp³-hybridized carbons (Fsp3) is 0.421. The average Bonchev–Trinajstić information content (AvgIpc) is 3.05. The van der Waals surface area contributed by atoms with Crippen molar-refractivity contribution in [2.45, 2.75) is 43.4 Å². The lowest BCUT2D eigenvalue weighted by atomic mass is 9.75. The lowest BCUT2D eigenvalue weighted by Crippen LogP contribution is -2.48. The molecule has 1 aromatic carbocycles. The van der Waals surface area contributed by atoms with E-state index >= 15 is 0 Å². The molecule has 3 nitrogen and oxygen atoms in total. The van der Waals surface area contributed by atoms with Gasteiger partial charge in [-0.15, -0.1) is 0 Å². The Morgan fingerprint density at radius 1 is 1.25 bits per heavy atom. The molecular weight excluding hydrogens is 345 g/mol. The molecule has 124 valence electrons. The van der Waals surface area contributed by atoms with E-state index in [1.165, 1.54) is 12.8 Å². The normalized spacial score (nSPS) is 34.3. The molecule has 0 amide bonds. The van der Waals surface area contributed by atoms with E-state index in [1.54, 1.807) is 12.1 Å². The van der Waals surface area contributed by atoms with Gasteiger partial charge >= 0.3 is 5.97 Å². The first kappa shape index (κ1) is 15.0. The van der Waals surface area contributed by atoms with Crippen molar-refractivity contribution in [1.82, 2.24) is 4.90 Å². The molecule has 5 rings (SSSR count). The van der Waals surface area contributed by atoms with Gasteiger partial charge in [0.15, 0.2) is 5.60 Å². The van der Waals surface area contributed by atoms with Crippen molar-refractivity contribution >= 4 is 34.7 Å². The zero-order valence-electron chi connectivity index (χ0n) is 13.1. The molecule has 2 fully saturated rings. The van der Waals surface area contributed by atoms with Crippen LogP contribution in [0, 0.1) is 0 Å². The Kier molecular flexibility index (Phi) is 3.19. The third kappa shape index (κ3) is 1.86. The second-order valence-electron chi connectivity index (χ2n) is 7.07. The summed E-state index contributed by atoms with van der Waals surface area (Å²) in [7, 11) is 0. The van der Waals surface area contributed by atoms with Crippen LogP contribution >= 0.6 is 23.2 Å². The van der Waals surface area contributed by atoms with Crippen molar-refractivity contribution in [3.63, 3.8) is 0 Å². The fourth-order valence-electron chi connectivity index (χ4n) is 5.01. The van der Waals surface area contributed by atoms with Crippen molar-refractivity contribution in [2.75, 3.05) is 6.54 Å². The summed E-state index contributed by atoms with van der Waals surface area (Å²) in [6, 6.07) is 6.24. The third-order valence-electron chi connectivity index (χ3n) is 5.91. The van der Waals surface area contributed by atoms with Gasteiger partial charge in [-0.1, -0.05) is 47.8 Å². The topological polar surface area (TPSA) is 29.5 Å². The van der Waals surface area contributed by atoms with Crippen LogP contribution in [0.15, 0.2) is 35.9 Å². The van der Waals surface area contributed by atoms with E-state index in [-0.39, 0.29) is 12.0 Å². The van der Waals surface area contributed by atoms with Gasteiger partial charge in [0, 0.05) is 29.7 Å². The Balaban J connectivity index is 1.71. The maximum absolute atomic E-state index is 12.2. The van der Waals surface area contributed by atoms with Crippen molar-refractivity contribution in [2.24, 2.45) is 0 Å². The number of piperidine rings is 1. The number of nitrogens with zero attached hydrogens (tertiary/aromatic N) is 1. The molecule has 3 heterocycles. The average molecular weight is 362 g/mol. The van der Waals surface area contributed by atoms with Gasteiger partial charge in [-0.05, 0) is 31.0 Å². The monoisotopic (exact) mass is 361 g/mol. The zero-order chi connectivity index (χ0) is 16.5. The Labute approximate surface area is 150 Å². The van der Waals surface area contributed by atoms with Crippen molar-refractivity contribution in [3.05, 3.63) is 51.5 Å². The van der Waals surface area contributed by atoms with Gasteiger partial charge in [0.05, 0.1) is 16.1 Å². The highest BCUT2D eigenvalue weighted by Crippen LogP contribution is 2.56. The highest BCUT2D eigenvalue weighted by Gasteiger charge is 2.61. The molecule has 5 heteroatoms. The van der Waals surface area contributed by atoms with Crippen LogP contribution in [-0.2, 0) is 9.53 Å². The molecule has 0 aromatic heterocycles. The van der Waals surface area contributed by atoms with Gasteiger partial charge in [-0.3, -0.25) is 4.90 Å². The van der Waals surface area contributed by atoms with Gasteiger partial charge in [-0.2, -0.15) is 0 Å². The number of benzene rings is 1. The number of esters is 1. The third-order valence-corrected chi connectivity index (χ3v) is 6.73. The van der Waals surface area contributed by atoms with Gasteiger partial charge in [0.2, 0.25) is 0 Å². The van der Waals surface area contributed by atoms with Gasteiger partial charge in [0.1, 0.15) is 0 Å². The highest BCUT2D eigenvalue weighted by atomic mass is 35.5. The number of ether oxygens (including phenoxy) is 1. The Hall–Kier alpha value is -1.29. The van der Waals surface area contributed by atoms with Crippen LogP contribution < -0.4 is 0 Å². The molecule has 0 N–H and O–H groups in total. The van der Waals surface area contributed by atoms with E-state index in [0.717, 1.165) is 36.1 Å². The molecule has 3 aliphatic heterocycles. The number of fused-ring (bicyclic) bond motifs is 3. The molecule has 1 aliphatic carbocycles. The second-order valence-corrected chi connectivity index (χ2v) is 7.86. The summed E-state index contributed by atoms with van der Waals surface area (Å²) >= 11 is 12.7. The summed E-state index contributed by atoms with van der Waals surface area (Å²) < 4.78 is 5.94. The van der Waals surface area contributed by atoms with Crippen LogP contribution in [0.3, 0.4) is 0 Å². The van der Waals surface area contributed by atoms with Crippen LogP contribution in [0.5, 0.6) is 0 Å². The molecule has 24 heavy (non-hydrogen) atoms. The summed E-state index contributed by atoms with van der Waals surface area (Å²) in [6.07, 6.45) is 8.25. The predicted molar refractivity (Wildman–Crippen MR) is 94.1 cm³/mol. The molecule has 0 saturated carbocycles. The Bertz CT molecular complexity index is 816. The largest absolute Gasteiger partial charge is 0.449 e. The maximum atomic E-state index is 12.2. The van der Waals surface area contributed by atoms with Gasteiger partial charge in [-0.25, -0.2) is 4.79 Å². The number of halogens is 2. The summed E-state index contributed by atoms with van der Waals surface area (Å²) in [6.45, 7) is 1.06. The quantitative estimate of drug-likeness (QED) is 0.700. The molecule has 0 unspecified atom stereocenters. The Morgan fingerprint density at radius 3 is 3.00 bits per heavy atom. The first-order valence-corrected chi connectivity index (χ1v) is 9.23. The Morgan fingerprint density at radius 2 is 2.12 bits per heavy atom. The number of hydrogen-bond acceptors (Lipinski definition) is 3. The van der Waals surface area contributed by atoms with Gasteiger partial charge in [0.25, 0.3) is 0 Å². The van der Waals surface area contributed by atoms with E-state index in [1.807, 2.05) is 12.1 Å². The SMILES string of the molecule is O=C1C=C2C(c3cccc(Cl)c3Cl)=C[C@@H]3C[C@@]2(O1)[C@H]1CCCCN31. The zero-order valence-corrected chi connectivity index (χ0v) is 14.6. The van der Waals surface area contributed by atoms with Crippen molar-refractivity contribution in [1.29, 1.82) is 0 Å². The number of carbonyl (C=O) groups excluding carboxylic acids is 1.